The van der Waals surface area contributed by atoms with Crippen LogP contribution in [-0.4, -0.2) is 16.8 Å². The minimum Gasteiger partial charge on any atom is -0.507 e. The van der Waals surface area contributed by atoms with Gasteiger partial charge in [0.15, 0.2) is 0 Å². The number of ketones is 1. The maximum atomic E-state index is 14.0. The number of hydrogen-bond acceptors (Lipinski definition) is 3. The third-order valence-electron chi connectivity index (χ3n) is 3.60. The lowest BCUT2D eigenvalue weighted by molar-refractivity contribution is -0.133. The number of carbonyl (C=O) groups excluding carboxylic acids is 2. The van der Waals surface area contributed by atoms with Gasteiger partial charge in [0, 0.05) is 15.6 Å². The zero-order valence-corrected chi connectivity index (χ0v) is 13.3. The lowest BCUT2D eigenvalue weighted by atomic mass is 9.95. The normalized spacial score (nSPS) is 19.7. The van der Waals surface area contributed by atoms with Crippen LogP contribution < -0.4 is 5.32 Å². The van der Waals surface area contributed by atoms with E-state index in [4.69, 9.17) is 0 Å². The van der Waals surface area contributed by atoms with E-state index in [2.05, 4.69) is 21.2 Å². The van der Waals surface area contributed by atoms with Crippen molar-refractivity contribution in [2.24, 2.45) is 0 Å². The van der Waals surface area contributed by atoms with Crippen LogP contribution in [0.15, 0.2) is 58.6 Å². The number of hydrogen-bond donors (Lipinski definition) is 2. The van der Waals surface area contributed by atoms with Crippen LogP contribution in [-0.2, 0) is 9.59 Å². The highest BCUT2D eigenvalue weighted by molar-refractivity contribution is 9.10. The molecule has 0 aliphatic carbocycles. The fourth-order valence-electron chi connectivity index (χ4n) is 2.47. The van der Waals surface area contributed by atoms with Crippen LogP contribution in [0.4, 0.5) is 4.39 Å². The van der Waals surface area contributed by atoms with Crippen LogP contribution in [0.1, 0.15) is 17.2 Å². The predicted octanol–water partition coefficient (Wildman–Crippen LogP) is 3.30. The minimum absolute atomic E-state index is 0.130. The van der Waals surface area contributed by atoms with Gasteiger partial charge in [0.2, 0.25) is 0 Å². The number of aliphatic hydroxyl groups is 1. The average Bonchev–Trinajstić information content (AvgIpc) is 2.83. The highest BCUT2D eigenvalue weighted by atomic mass is 79.9. The quantitative estimate of drug-likeness (QED) is 0.480. The first-order valence-corrected chi connectivity index (χ1v) is 7.57. The topological polar surface area (TPSA) is 66.4 Å². The number of benzene rings is 2. The van der Waals surface area contributed by atoms with Gasteiger partial charge in [-0.3, -0.25) is 9.59 Å². The molecule has 0 aromatic heterocycles. The second-order valence-corrected chi connectivity index (χ2v) is 5.94. The average molecular weight is 376 g/mol. The molecule has 0 radical (unpaired) electrons. The summed E-state index contributed by atoms with van der Waals surface area (Å²) in [5.74, 6) is -2.63. The van der Waals surface area contributed by atoms with Gasteiger partial charge in [-0.15, -0.1) is 0 Å². The molecule has 1 heterocycles. The lowest BCUT2D eigenvalue weighted by Gasteiger charge is -2.14. The molecule has 4 nitrogen and oxygen atoms in total. The van der Waals surface area contributed by atoms with Gasteiger partial charge >= 0.3 is 0 Å². The highest BCUT2D eigenvalue weighted by Gasteiger charge is 2.40. The molecule has 0 bridgehead atoms. The number of rotatable bonds is 2. The summed E-state index contributed by atoms with van der Waals surface area (Å²) < 4.78 is 14.8. The molecule has 1 fully saturated rings. The van der Waals surface area contributed by atoms with Crippen LogP contribution in [0, 0.1) is 5.82 Å². The van der Waals surface area contributed by atoms with E-state index in [0.717, 1.165) is 4.47 Å². The summed E-state index contributed by atoms with van der Waals surface area (Å²) in [5, 5.41) is 12.9. The molecule has 2 N–H and O–H groups in total. The Bertz CT molecular complexity index is 830. The van der Waals surface area contributed by atoms with Gasteiger partial charge in [-0.2, -0.15) is 0 Å². The molecule has 0 saturated carbocycles. The standard InChI is InChI=1S/C17H11BrFNO3/c18-10-7-5-9(6-8-10)15(21)13-14(20-17(23)16(13)22)11-3-1-2-4-12(11)19/h1-8,14,21H,(H,20,23)/b15-13-. The van der Waals surface area contributed by atoms with Crippen LogP contribution >= 0.6 is 15.9 Å². The van der Waals surface area contributed by atoms with Gasteiger partial charge in [-0.25, -0.2) is 4.39 Å². The Morgan fingerprint density at radius 3 is 2.39 bits per heavy atom. The number of carbonyl (C=O) groups is 2. The fraction of sp³-hybridized carbons (Fsp3) is 0.0588. The van der Waals surface area contributed by atoms with Gasteiger partial charge in [0.05, 0.1) is 11.6 Å². The first kappa shape index (κ1) is 15.4. The van der Waals surface area contributed by atoms with Crippen molar-refractivity contribution in [3.63, 3.8) is 0 Å². The Kier molecular flexibility index (Phi) is 4.00. The van der Waals surface area contributed by atoms with E-state index >= 15 is 0 Å². The summed E-state index contributed by atoms with van der Waals surface area (Å²) in [4.78, 5) is 23.9. The second kappa shape index (κ2) is 5.96. The van der Waals surface area contributed by atoms with Crippen molar-refractivity contribution in [2.75, 3.05) is 0 Å². The third kappa shape index (κ3) is 2.77. The van der Waals surface area contributed by atoms with Crippen molar-refractivity contribution in [2.45, 2.75) is 6.04 Å². The molecule has 1 aliphatic rings. The zero-order chi connectivity index (χ0) is 16.6. The van der Waals surface area contributed by atoms with Crippen molar-refractivity contribution >= 4 is 33.4 Å². The maximum Gasteiger partial charge on any atom is 0.293 e. The molecule has 2 aromatic rings. The van der Waals surface area contributed by atoms with Gasteiger partial charge in [-0.05, 0) is 18.2 Å². The summed E-state index contributed by atoms with van der Waals surface area (Å²) in [6, 6.07) is 11.4. The lowest BCUT2D eigenvalue weighted by Crippen LogP contribution is -2.21. The van der Waals surface area contributed by atoms with Crippen LogP contribution in [0.25, 0.3) is 5.76 Å². The van der Waals surface area contributed by atoms with Crippen LogP contribution in [0.5, 0.6) is 0 Å². The molecular formula is C17H11BrFNO3. The van der Waals surface area contributed by atoms with Gasteiger partial charge < -0.3 is 10.4 Å². The van der Waals surface area contributed by atoms with Crippen molar-refractivity contribution in [3.05, 3.63) is 75.5 Å². The molecular weight excluding hydrogens is 365 g/mol. The van der Waals surface area contributed by atoms with Crippen molar-refractivity contribution in [3.8, 4) is 0 Å². The molecule has 2 aromatic carbocycles. The maximum absolute atomic E-state index is 14.0. The number of nitrogens with one attached hydrogen (secondary N) is 1. The summed E-state index contributed by atoms with van der Waals surface area (Å²) in [6.45, 7) is 0. The first-order chi connectivity index (χ1) is 11.0. The van der Waals surface area contributed by atoms with E-state index in [1.165, 1.54) is 18.2 Å². The minimum atomic E-state index is -1.01. The molecule has 23 heavy (non-hydrogen) atoms. The second-order valence-electron chi connectivity index (χ2n) is 5.03. The summed E-state index contributed by atoms with van der Waals surface area (Å²) >= 11 is 3.28. The molecule has 6 heteroatoms. The van der Waals surface area contributed by atoms with Crippen molar-refractivity contribution in [1.82, 2.24) is 5.32 Å². The Balaban J connectivity index is 2.15. The highest BCUT2D eigenvalue weighted by Crippen LogP contribution is 2.34. The molecule has 0 spiro atoms. The Morgan fingerprint density at radius 2 is 1.74 bits per heavy atom. The predicted molar refractivity (Wildman–Crippen MR) is 86.0 cm³/mol. The van der Waals surface area contributed by atoms with E-state index in [1.54, 1.807) is 30.3 Å². The SMILES string of the molecule is O=C1NC(c2ccccc2F)/C(=C(/O)c2ccc(Br)cc2)C1=O. The Morgan fingerprint density at radius 1 is 1.09 bits per heavy atom. The van der Waals surface area contributed by atoms with E-state index in [9.17, 15) is 19.1 Å². The molecule has 116 valence electrons. The zero-order valence-electron chi connectivity index (χ0n) is 11.7. The summed E-state index contributed by atoms with van der Waals surface area (Å²) in [7, 11) is 0. The van der Waals surface area contributed by atoms with Crippen LogP contribution in [0.3, 0.4) is 0 Å². The fourth-order valence-corrected chi connectivity index (χ4v) is 2.74. The van der Waals surface area contributed by atoms with E-state index in [1.807, 2.05) is 0 Å². The monoisotopic (exact) mass is 375 g/mol. The van der Waals surface area contributed by atoms with E-state index in [-0.39, 0.29) is 16.9 Å². The first-order valence-electron chi connectivity index (χ1n) is 6.77. The van der Waals surface area contributed by atoms with E-state index < -0.39 is 23.5 Å². The van der Waals surface area contributed by atoms with Gasteiger partial charge in [0.1, 0.15) is 11.6 Å². The van der Waals surface area contributed by atoms with Crippen molar-refractivity contribution in [1.29, 1.82) is 0 Å². The smallest absolute Gasteiger partial charge is 0.293 e. The number of aliphatic hydroxyl groups excluding tert-OH is 1. The molecule has 1 unspecified atom stereocenters. The Hall–Kier alpha value is -2.47. The molecule has 1 saturated heterocycles. The largest absolute Gasteiger partial charge is 0.507 e. The van der Waals surface area contributed by atoms with E-state index in [0.29, 0.717) is 5.56 Å². The number of amides is 1. The number of Topliss-reactive ketones (excluding diaryl/α,β-unsaturated/α-hetero) is 1. The van der Waals surface area contributed by atoms with Gasteiger partial charge in [-0.1, -0.05) is 46.3 Å². The van der Waals surface area contributed by atoms with Gasteiger partial charge in [0.25, 0.3) is 11.7 Å². The molecule has 1 aliphatic heterocycles. The van der Waals surface area contributed by atoms with Crippen LogP contribution in [0.2, 0.25) is 0 Å². The Labute approximate surface area is 139 Å². The molecule has 1 amide bonds. The molecule has 1 atom stereocenters. The number of halogens is 2. The molecule has 3 rings (SSSR count). The van der Waals surface area contributed by atoms with Crippen molar-refractivity contribution < 1.29 is 19.1 Å². The summed E-state index contributed by atoms with van der Waals surface area (Å²) in [6.07, 6.45) is 0. The third-order valence-corrected chi connectivity index (χ3v) is 4.13. The summed E-state index contributed by atoms with van der Waals surface area (Å²) in [5.41, 5.74) is 0.349.